The molecule has 0 saturated carbocycles. The number of anilines is 2. The number of aryl methyl sites for hydroxylation is 2. The van der Waals surface area contributed by atoms with Crippen LogP contribution in [0, 0.1) is 26.7 Å². The number of carbonyl (C=O) groups is 2. The number of aromatic nitrogens is 4. The van der Waals surface area contributed by atoms with Crippen LogP contribution < -0.4 is 9.80 Å². The quantitative estimate of drug-likeness (QED) is 0.595. The topological polar surface area (TPSA) is 87.5 Å². The molecule has 1 aromatic carbocycles. The Balaban J connectivity index is 1.21. The third kappa shape index (κ3) is 4.13. The van der Waals surface area contributed by atoms with Gasteiger partial charge in [-0.3, -0.25) is 14.2 Å². The van der Waals surface area contributed by atoms with Crippen molar-refractivity contribution >= 4 is 23.3 Å². The number of benzene rings is 1. The largest absolute Gasteiger partial charge is 0.353 e. The van der Waals surface area contributed by atoms with Crippen LogP contribution >= 0.6 is 0 Å². The van der Waals surface area contributed by atoms with Gasteiger partial charge in [-0.25, -0.2) is 15.0 Å². The van der Waals surface area contributed by atoms with E-state index >= 15 is 0 Å². The molecule has 0 radical (unpaired) electrons. The van der Waals surface area contributed by atoms with Gasteiger partial charge in [0.25, 0.3) is 0 Å². The van der Waals surface area contributed by atoms with Crippen LogP contribution in [0.3, 0.4) is 0 Å². The van der Waals surface area contributed by atoms with E-state index in [0.29, 0.717) is 32.7 Å². The lowest BCUT2D eigenvalue weighted by Crippen LogP contribution is -2.51. The Morgan fingerprint density at radius 1 is 0.941 bits per heavy atom. The molecule has 3 aromatic rings. The van der Waals surface area contributed by atoms with Crippen molar-refractivity contribution in [3.05, 3.63) is 59.9 Å². The molecule has 0 spiro atoms. The summed E-state index contributed by atoms with van der Waals surface area (Å²) in [7, 11) is 0. The van der Waals surface area contributed by atoms with Crippen molar-refractivity contribution in [1.82, 2.24) is 24.4 Å². The maximum absolute atomic E-state index is 13.2. The first-order chi connectivity index (χ1) is 16.4. The van der Waals surface area contributed by atoms with Crippen molar-refractivity contribution in [2.24, 2.45) is 5.92 Å². The molecule has 1 atom stereocenters. The van der Waals surface area contributed by atoms with E-state index in [-0.39, 0.29) is 24.2 Å². The normalized spacial score (nSPS) is 18.6. The molecule has 1 unspecified atom stereocenters. The van der Waals surface area contributed by atoms with Gasteiger partial charge < -0.3 is 14.7 Å². The molecular weight excluding hydrogens is 430 g/mol. The van der Waals surface area contributed by atoms with E-state index in [2.05, 4.69) is 19.9 Å². The molecule has 2 aliphatic heterocycles. The van der Waals surface area contributed by atoms with Crippen LogP contribution in [0.4, 0.5) is 11.5 Å². The molecule has 176 valence electrons. The third-order valence-corrected chi connectivity index (χ3v) is 6.87. The number of rotatable bonds is 4. The minimum absolute atomic E-state index is 0.0133. The summed E-state index contributed by atoms with van der Waals surface area (Å²) >= 11 is 0. The van der Waals surface area contributed by atoms with E-state index < -0.39 is 0 Å². The van der Waals surface area contributed by atoms with Gasteiger partial charge in [0.1, 0.15) is 24.3 Å². The van der Waals surface area contributed by atoms with Crippen molar-refractivity contribution in [2.75, 3.05) is 42.5 Å². The molecule has 0 bridgehead atoms. The van der Waals surface area contributed by atoms with Crippen molar-refractivity contribution in [3.8, 4) is 5.82 Å². The molecule has 2 amide bonds. The maximum atomic E-state index is 13.2. The summed E-state index contributed by atoms with van der Waals surface area (Å²) in [6.07, 6.45) is 3.61. The Hall–Kier alpha value is -3.75. The molecular formula is C25H29N7O2. The van der Waals surface area contributed by atoms with Gasteiger partial charge in [0.15, 0.2) is 0 Å². The maximum Gasteiger partial charge on any atom is 0.228 e. The van der Waals surface area contributed by atoms with E-state index in [9.17, 15) is 9.59 Å². The van der Waals surface area contributed by atoms with Crippen molar-refractivity contribution < 1.29 is 9.59 Å². The van der Waals surface area contributed by atoms with Crippen molar-refractivity contribution in [2.45, 2.75) is 27.2 Å². The summed E-state index contributed by atoms with van der Waals surface area (Å²) in [6.45, 7) is 9.04. The lowest BCUT2D eigenvalue weighted by molar-refractivity contribution is -0.136. The van der Waals surface area contributed by atoms with Crippen LogP contribution in [-0.2, 0) is 9.59 Å². The first kappa shape index (κ1) is 22.1. The van der Waals surface area contributed by atoms with Gasteiger partial charge in [0.05, 0.1) is 11.6 Å². The molecule has 9 heteroatoms. The highest BCUT2D eigenvalue weighted by Crippen LogP contribution is 2.27. The standard InChI is InChI=1S/C25H29N7O2/c1-17-4-6-21(7-5-17)31-14-20(12-24(31)33)25(34)30-10-8-29(9-11-30)22-13-23(27-15-26-22)32-16-28-18(2)19(32)3/h4-7,13,15-16,20H,8-12,14H2,1-3H3. The summed E-state index contributed by atoms with van der Waals surface area (Å²) in [5, 5.41) is 0. The number of carbonyl (C=O) groups excluding carboxylic acids is 2. The Kier molecular flexibility index (Phi) is 5.77. The smallest absolute Gasteiger partial charge is 0.228 e. The molecule has 2 aromatic heterocycles. The zero-order valence-corrected chi connectivity index (χ0v) is 19.8. The molecule has 4 heterocycles. The van der Waals surface area contributed by atoms with Gasteiger partial charge in [0, 0.05) is 56.6 Å². The molecule has 0 N–H and O–H groups in total. The lowest BCUT2D eigenvalue weighted by atomic mass is 10.1. The van der Waals surface area contributed by atoms with Crippen LogP contribution in [0.25, 0.3) is 5.82 Å². The van der Waals surface area contributed by atoms with Gasteiger partial charge in [-0.2, -0.15) is 0 Å². The van der Waals surface area contributed by atoms with E-state index in [1.165, 1.54) is 0 Å². The summed E-state index contributed by atoms with van der Waals surface area (Å²) in [6, 6.07) is 9.83. The zero-order chi connectivity index (χ0) is 23.8. The first-order valence-corrected chi connectivity index (χ1v) is 11.6. The van der Waals surface area contributed by atoms with Gasteiger partial charge in [-0.15, -0.1) is 0 Å². The highest BCUT2D eigenvalue weighted by Gasteiger charge is 2.38. The lowest BCUT2D eigenvalue weighted by Gasteiger charge is -2.36. The fraction of sp³-hybridized carbons (Fsp3) is 0.400. The average Bonchev–Trinajstić information content (AvgIpc) is 3.41. The average molecular weight is 460 g/mol. The Morgan fingerprint density at radius 2 is 1.65 bits per heavy atom. The van der Waals surface area contributed by atoms with E-state index in [1.54, 1.807) is 17.6 Å². The number of imidazole rings is 1. The molecule has 9 nitrogen and oxygen atoms in total. The predicted molar refractivity (Wildman–Crippen MR) is 129 cm³/mol. The number of hydrogen-bond acceptors (Lipinski definition) is 6. The van der Waals surface area contributed by atoms with Crippen molar-refractivity contribution in [1.29, 1.82) is 0 Å². The zero-order valence-electron chi connectivity index (χ0n) is 19.8. The molecule has 2 saturated heterocycles. The minimum atomic E-state index is -0.293. The predicted octanol–water partition coefficient (Wildman–Crippen LogP) is 2.29. The fourth-order valence-corrected chi connectivity index (χ4v) is 4.63. The highest BCUT2D eigenvalue weighted by atomic mass is 16.2. The Morgan fingerprint density at radius 3 is 2.32 bits per heavy atom. The second kappa shape index (κ2) is 8.89. The van der Waals surface area contributed by atoms with E-state index in [4.69, 9.17) is 0 Å². The Labute approximate surface area is 199 Å². The second-order valence-corrected chi connectivity index (χ2v) is 9.07. The van der Waals surface area contributed by atoms with E-state index in [0.717, 1.165) is 34.3 Å². The second-order valence-electron chi connectivity index (χ2n) is 9.07. The molecule has 34 heavy (non-hydrogen) atoms. The number of piperazine rings is 1. The van der Waals surface area contributed by atoms with Gasteiger partial charge in [-0.1, -0.05) is 17.7 Å². The molecule has 2 fully saturated rings. The summed E-state index contributed by atoms with van der Waals surface area (Å²) in [4.78, 5) is 44.8. The summed E-state index contributed by atoms with van der Waals surface area (Å²) in [5.41, 5.74) is 4.02. The molecule has 2 aliphatic rings. The van der Waals surface area contributed by atoms with Gasteiger partial charge in [0.2, 0.25) is 11.8 Å². The number of amides is 2. The first-order valence-electron chi connectivity index (χ1n) is 11.6. The minimum Gasteiger partial charge on any atom is -0.353 e. The van der Waals surface area contributed by atoms with Crippen molar-refractivity contribution in [3.63, 3.8) is 0 Å². The number of nitrogens with zero attached hydrogens (tertiary/aromatic N) is 7. The third-order valence-electron chi connectivity index (χ3n) is 6.87. The SMILES string of the molecule is Cc1ccc(N2CC(C(=O)N3CCN(c4cc(-n5cnc(C)c5C)ncn4)CC3)CC2=O)cc1. The van der Waals surface area contributed by atoms with E-state index in [1.807, 2.05) is 60.6 Å². The molecule has 5 rings (SSSR count). The van der Waals surface area contributed by atoms with Gasteiger partial charge >= 0.3 is 0 Å². The van der Waals surface area contributed by atoms with Crippen LogP contribution in [0.2, 0.25) is 0 Å². The Bertz CT molecular complexity index is 1210. The molecule has 0 aliphatic carbocycles. The number of hydrogen-bond donors (Lipinski definition) is 0. The van der Waals surface area contributed by atoms with Crippen LogP contribution in [0.5, 0.6) is 0 Å². The van der Waals surface area contributed by atoms with Gasteiger partial charge in [-0.05, 0) is 32.9 Å². The monoisotopic (exact) mass is 459 g/mol. The van der Waals surface area contributed by atoms with Crippen LogP contribution in [0.1, 0.15) is 23.4 Å². The van der Waals surface area contributed by atoms with Crippen LogP contribution in [0.15, 0.2) is 43.0 Å². The fourth-order valence-electron chi connectivity index (χ4n) is 4.63. The van der Waals surface area contributed by atoms with Crippen LogP contribution in [-0.4, -0.2) is 69.0 Å². The summed E-state index contributed by atoms with van der Waals surface area (Å²) < 4.78 is 1.96. The summed E-state index contributed by atoms with van der Waals surface area (Å²) in [5.74, 6) is 1.40. The highest BCUT2D eigenvalue weighted by molar-refractivity contribution is 6.00.